The predicted molar refractivity (Wildman–Crippen MR) is 68.6 cm³/mol. The molecule has 0 atom stereocenters. The van der Waals surface area contributed by atoms with Crippen molar-refractivity contribution in [3.8, 4) is 0 Å². The molecule has 2 rings (SSSR count). The number of hydrogen-bond donors (Lipinski definition) is 1. The highest BCUT2D eigenvalue weighted by atomic mass is 19.3. The number of nitrogens with one attached hydrogen (secondary N) is 1. The van der Waals surface area contributed by atoms with E-state index in [1.165, 1.54) is 6.20 Å². The molecule has 2 heterocycles. The molecule has 0 bridgehead atoms. The van der Waals surface area contributed by atoms with Crippen LogP contribution in [0.1, 0.15) is 38.4 Å². The molecule has 6 heteroatoms. The van der Waals surface area contributed by atoms with Gasteiger partial charge in [0.05, 0.1) is 11.3 Å². The summed E-state index contributed by atoms with van der Waals surface area (Å²) in [6.07, 6.45) is 1.47. The van der Waals surface area contributed by atoms with Gasteiger partial charge in [0.1, 0.15) is 0 Å². The molecule has 0 saturated carbocycles. The van der Waals surface area contributed by atoms with E-state index in [1.807, 2.05) is 20.8 Å². The van der Waals surface area contributed by atoms with Crippen molar-refractivity contribution in [2.45, 2.75) is 44.7 Å². The Morgan fingerprint density at radius 3 is 2.40 bits per heavy atom. The minimum atomic E-state index is -3.81. The second-order valence-electron chi connectivity index (χ2n) is 5.88. The molecule has 0 saturated heterocycles. The lowest BCUT2D eigenvalue weighted by atomic mass is 9.83. The summed E-state index contributed by atoms with van der Waals surface area (Å²) in [5.74, 6) is 0. The Balaban J connectivity index is 2.55. The van der Waals surface area contributed by atoms with Crippen molar-refractivity contribution in [2.75, 3.05) is 0 Å². The lowest BCUT2D eigenvalue weighted by Gasteiger charge is -2.32. The van der Waals surface area contributed by atoms with Crippen LogP contribution in [0.4, 0.5) is 17.6 Å². The first kappa shape index (κ1) is 15.0. The molecule has 2 nitrogen and oxygen atoms in total. The van der Waals surface area contributed by atoms with E-state index in [2.05, 4.69) is 4.98 Å². The number of halogens is 4. The van der Waals surface area contributed by atoms with Gasteiger partial charge in [0.15, 0.2) is 0 Å². The van der Waals surface area contributed by atoms with Crippen LogP contribution in [0.5, 0.6) is 0 Å². The fourth-order valence-corrected chi connectivity index (χ4v) is 2.18. The smallest absolute Gasteiger partial charge is 0.256 e. The van der Waals surface area contributed by atoms with Crippen molar-refractivity contribution in [3.05, 3.63) is 35.7 Å². The minimum Gasteiger partial charge on any atom is -0.256 e. The number of hydrogen-bond acceptors (Lipinski definition) is 2. The van der Waals surface area contributed by atoms with E-state index in [1.54, 1.807) is 12.1 Å². The Morgan fingerprint density at radius 1 is 1.20 bits per heavy atom. The minimum absolute atomic E-state index is 0.0630. The first-order valence-corrected chi connectivity index (χ1v) is 6.24. The van der Waals surface area contributed by atoms with Crippen LogP contribution < -0.4 is 5.32 Å². The predicted octanol–water partition coefficient (Wildman–Crippen LogP) is 3.94. The highest BCUT2D eigenvalue weighted by Gasteiger charge is 2.49. The van der Waals surface area contributed by atoms with E-state index < -0.39 is 29.5 Å². The van der Waals surface area contributed by atoms with Crippen molar-refractivity contribution in [3.63, 3.8) is 0 Å². The molecule has 1 aliphatic heterocycles. The standard InChI is InChI=1S/C14H16F4N2/c1-12(2,3)9-5-4-8-19-11(9)10-6-7-13(15,16)20-14(10,17)18/h4-6,8,20H,7H2,1-3H3. The number of alkyl halides is 4. The third kappa shape index (κ3) is 2.85. The normalized spacial score (nSPS) is 21.4. The van der Waals surface area contributed by atoms with Crippen molar-refractivity contribution >= 4 is 5.57 Å². The number of aromatic nitrogens is 1. The second-order valence-corrected chi connectivity index (χ2v) is 5.88. The van der Waals surface area contributed by atoms with Gasteiger partial charge in [0, 0.05) is 12.6 Å². The van der Waals surface area contributed by atoms with Gasteiger partial charge in [-0.1, -0.05) is 32.9 Å². The molecule has 0 aliphatic carbocycles. The molecule has 1 aliphatic rings. The summed E-state index contributed by atoms with van der Waals surface area (Å²) in [5.41, 5.74) is -0.250. The SMILES string of the molecule is CC(C)(C)c1cccnc1C1=CCC(F)(F)NC1(F)F. The molecule has 0 radical (unpaired) electrons. The highest BCUT2D eigenvalue weighted by Crippen LogP contribution is 2.41. The maximum absolute atomic E-state index is 13.9. The van der Waals surface area contributed by atoms with Crippen molar-refractivity contribution in [2.24, 2.45) is 0 Å². The molecular weight excluding hydrogens is 272 g/mol. The molecule has 1 aromatic heterocycles. The highest BCUT2D eigenvalue weighted by molar-refractivity contribution is 5.71. The van der Waals surface area contributed by atoms with Crippen LogP contribution in [-0.2, 0) is 5.41 Å². The molecule has 1 N–H and O–H groups in total. The summed E-state index contributed by atoms with van der Waals surface area (Å²) in [6.45, 7) is 5.57. The molecule has 110 valence electrons. The zero-order valence-corrected chi connectivity index (χ0v) is 11.5. The Labute approximate surface area is 114 Å². The zero-order valence-electron chi connectivity index (χ0n) is 11.5. The Morgan fingerprint density at radius 2 is 1.85 bits per heavy atom. The lowest BCUT2D eigenvalue weighted by Crippen LogP contribution is -2.52. The van der Waals surface area contributed by atoms with Crippen LogP contribution in [0.15, 0.2) is 24.4 Å². The average Bonchev–Trinajstić information content (AvgIpc) is 2.25. The summed E-state index contributed by atoms with van der Waals surface area (Å²) in [5, 5.41) is 1.08. The van der Waals surface area contributed by atoms with Gasteiger partial charge in [-0.3, -0.25) is 4.98 Å². The van der Waals surface area contributed by atoms with E-state index in [9.17, 15) is 17.6 Å². The van der Waals surface area contributed by atoms with Gasteiger partial charge in [-0.15, -0.1) is 0 Å². The van der Waals surface area contributed by atoms with Crippen LogP contribution in [-0.4, -0.2) is 17.1 Å². The average molecular weight is 288 g/mol. The fraction of sp³-hybridized carbons (Fsp3) is 0.500. The summed E-state index contributed by atoms with van der Waals surface area (Å²) >= 11 is 0. The summed E-state index contributed by atoms with van der Waals surface area (Å²) in [7, 11) is 0. The topological polar surface area (TPSA) is 24.9 Å². The molecule has 0 fully saturated rings. The first-order valence-electron chi connectivity index (χ1n) is 6.24. The third-order valence-electron chi connectivity index (χ3n) is 3.11. The molecule has 0 aromatic carbocycles. The summed E-state index contributed by atoms with van der Waals surface area (Å²) in [6, 6.07) is -4.08. The molecule has 0 unspecified atom stereocenters. The molecule has 1 aromatic rings. The quantitative estimate of drug-likeness (QED) is 0.625. The fourth-order valence-electron chi connectivity index (χ4n) is 2.18. The zero-order chi connectivity index (χ0) is 15.2. The van der Waals surface area contributed by atoms with Crippen LogP contribution in [0.25, 0.3) is 5.57 Å². The van der Waals surface area contributed by atoms with Gasteiger partial charge in [-0.05, 0) is 17.0 Å². The van der Waals surface area contributed by atoms with Crippen LogP contribution in [0, 0.1) is 0 Å². The molecule has 0 spiro atoms. The van der Waals surface area contributed by atoms with Gasteiger partial charge < -0.3 is 0 Å². The Bertz CT molecular complexity index is 544. The lowest BCUT2D eigenvalue weighted by molar-refractivity contribution is -0.125. The second kappa shape index (κ2) is 4.55. The largest absolute Gasteiger partial charge is 0.335 e. The first-order chi connectivity index (χ1) is 9.03. The van der Waals surface area contributed by atoms with Crippen molar-refractivity contribution in [1.82, 2.24) is 10.3 Å². The van der Waals surface area contributed by atoms with Crippen molar-refractivity contribution < 1.29 is 17.6 Å². The summed E-state index contributed by atoms with van der Waals surface area (Å²) < 4.78 is 54.0. The monoisotopic (exact) mass is 288 g/mol. The van der Waals surface area contributed by atoms with Crippen LogP contribution in [0.2, 0.25) is 0 Å². The maximum Gasteiger partial charge on any atom is 0.335 e. The number of rotatable bonds is 1. The van der Waals surface area contributed by atoms with E-state index in [4.69, 9.17) is 0 Å². The maximum atomic E-state index is 13.9. The molecule has 0 amide bonds. The van der Waals surface area contributed by atoms with Gasteiger partial charge in [0.25, 0.3) is 0 Å². The number of nitrogens with zero attached hydrogens (tertiary/aromatic N) is 1. The van der Waals surface area contributed by atoms with Gasteiger partial charge in [0.2, 0.25) is 0 Å². The van der Waals surface area contributed by atoms with Crippen LogP contribution in [0.3, 0.4) is 0 Å². The summed E-state index contributed by atoms with van der Waals surface area (Å²) in [4.78, 5) is 3.98. The van der Waals surface area contributed by atoms with E-state index in [-0.39, 0.29) is 5.69 Å². The van der Waals surface area contributed by atoms with Crippen molar-refractivity contribution in [1.29, 1.82) is 0 Å². The van der Waals surface area contributed by atoms with Crippen LogP contribution >= 0.6 is 0 Å². The van der Waals surface area contributed by atoms with E-state index >= 15 is 0 Å². The Kier molecular flexibility index (Phi) is 3.40. The van der Waals surface area contributed by atoms with E-state index in [0.717, 1.165) is 11.4 Å². The van der Waals surface area contributed by atoms with Gasteiger partial charge in [-0.2, -0.15) is 22.9 Å². The van der Waals surface area contributed by atoms with Gasteiger partial charge >= 0.3 is 12.1 Å². The third-order valence-corrected chi connectivity index (χ3v) is 3.11. The Hall–Kier alpha value is -1.43. The molecular formula is C14H16F4N2. The molecule has 20 heavy (non-hydrogen) atoms. The number of pyridine rings is 1. The van der Waals surface area contributed by atoms with E-state index in [0.29, 0.717) is 5.56 Å². The van der Waals surface area contributed by atoms with Gasteiger partial charge in [-0.25, -0.2) is 0 Å².